The molecule has 0 saturated carbocycles. The van der Waals surface area contributed by atoms with Crippen molar-refractivity contribution in [1.29, 1.82) is 0 Å². The van der Waals surface area contributed by atoms with Crippen molar-refractivity contribution >= 4 is 22.7 Å². The molecule has 5 nitrogen and oxygen atoms in total. The molecular formula is C12H4F3NO4. The van der Waals surface area contributed by atoms with Gasteiger partial charge >= 0.3 is 17.7 Å². The Bertz CT molecular complexity index is 802. The van der Waals surface area contributed by atoms with Gasteiger partial charge in [0.2, 0.25) is 6.08 Å². The molecule has 0 spiro atoms. The summed E-state index contributed by atoms with van der Waals surface area (Å²) in [5, 5.41) is 0.109. The van der Waals surface area contributed by atoms with E-state index in [0.29, 0.717) is 0 Å². The molecule has 0 unspecified atom stereocenters. The van der Waals surface area contributed by atoms with E-state index in [-0.39, 0.29) is 16.7 Å². The Balaban J connectivity index is 2.71. The van der Waals surface area contributed by atoms with Gasteiger partial charge in [-0.15, -0.1) is 0 Å². The summed E-state index contributed by atoms with van der Waals surface area (Å²) in [5.74, 6) is -0.451. The van der Waals surface area contributed by atoms with Crippen LogP contribution in [0.15, 0.2) is 50.6 Å². The lowest BCUT2D eigenvalue weighted by Gasteiger charge is -2.06. The monoisotopic (exact) mass is 283 g/mol. The van der Waals surface area contributed by atoms with E-state index in [1.165, 1.54) is 18.2 Å². The van der Waals surface area contributed by atoms with E-state index in [1.807, 2.05) is 0 Å². The predicted octanol–water partition coefficient (Wildman–Crippen LogP) is 3.17. The fourth-order valence-electron chi connectivity index (χ4n) is 1.48. The van der Waals surface area contributed by atoms with Crippen molar-refractivity contribution in [2.75, 3.05) is 0 Å². The average Bonchev–Trinajstić information content (AvgIpc) is 2.41. The van der Waals surface area contributed by atoms with E-state index < -0.39 is 23.5 Å². The smallest absolute Gasteiger partial charge is 0.344 e. The number of nitrogens with zero attached hydrogens (tertiary/aromatic N) is 1. The molecule has 1 aromatic heterocycles. The largest absolute Gasteiger partial charge is 0.424 e. The Kier molecular flexibility index (Phi) is 3.67. The second-order valence-electron chi connectivity index (χ2n) is 3.42. The number of halogens is 3. The fourth-order valence-corrected chi connectivity index (χ4v) is 1.48. The van der Waals surface area contributed by atoms with Crippen molar-refractivity contribution in [2.45, 2.75) is 0 Å². The molecule has 0 fully saturated rings. The van der Waals surface area contributed by atoms with Crippen LogP contribution in [0.1, 0.15) is 0 Å². The van der Waals surface area contributed by atoms with Gasteiger partial charge in [0.1, 0.15) is 0 Å². The van der Waals surface area contributed by atoms with Crippen molar-refractivity contribution in [3.8, 4) is 5.75 Å². The lowest BCUT2D eigenvalue weighted by molar-refractivity contribution is 0.241. The van der Waals surface area contributed by atoms with Crippen molar-refractivity contribution < 1.29 is 27.1 Å². The first-order valence-electron chi connectivity index (χ1n) is 5.06. The second-order valence-corrected chi connectivity index (χ2v) is 3.42. The van der Waals surface area contributed by atoms with Gasteiger partial charge in [-0.3, -0.25) is 0 Å². The third-order valence-electron chi connectivity index (χ3n) is 2.24. The maximum Gasteiger partial charge on any atom is 0.344 e. The van der Waals surface area contributed by atoms with Gasteiger partial charge in [0.25, 0.3) is 0 Å². The van der Waals surface area contributed by atoms with E-state index in [2.05, 4.69) is 9.73 Å². The molecule has 1 heterocycles. The maximum atomic E-state index is 12.8. The first kappa shape index (κ1) is 13.6. The molecule has 0 aliphatic carbocycles. The van der Waals surface area contributed by atoms with Crippen molar-refractivity contribution in [3.05, 3.63) is 46.8 Å². The number of ether oxygens (including phenoxy) is 1. The molecule has 0 bridgehead atoms. The summed E-state index contributed by atoms with van der Waals surface area (Å²) in [6.07, 6.45) is -1.38. The van der Waals surface area contributed by atoms with E-state index in [4.69, 9.17) is 4.42 Å². The maximum absolute atomic E-state index is 12.8. The minimum absolute atomic E-state index is 0.0659. The quantitative estimate of drug-likeness (QED) is 0.375. The molecule has 8 heteroatoms. The molecule has 2 rings (SSSR count). The lowest BCUT2D eigenvalue weighted by atomic mass is 10.2. The number of aliphatic imine (C=N–C) groups is 1. The molecule has 0 N–H and O–H groups in total. The standard InChI is InChI=1S/C12H4F3NO4/c13-11(14)12(15)19-8-3-2-7(16-5-17)6-1-4-9(18)20-10(6)8/h1-4H. The number of fused-ring (bicyclic) bond motifs is 1. The summed E-state index contributed by atoms with van der Waals surface area (Å²) >= 11 is 0. The molecule has 0 amide bonds. The van der Waals surface area contributed by atoms with Gasteiger partial charge in [0.15, 0.2) is 11.3 Å². The molecule has 0 radical (unpaired) electrons. The summed E-state index contributed by atoms with van der Waals surface area (Å²) in [7, 11) is 0. The summed E-state index contributed by atoms with van der Waals surface area (Å²) in [5.41, 5.74) is -1.05. The number of benzene rings is 1. The first-order chi connectivity index (χ1) is 9.52. The zero-order valence-corrected chi connectivity index (χ0v) is 9.52. The third kappa shape index (κ3) is 2.60. The summed E-state index contributed by atoms with van der Waals surface area (Å²) in [6, 6.07) is 2.37. The Labute approximate surface area is 108 Å². The summed E-state index contributed by atoms with van der Waals surface area (Å²) < 4.78 is 45.8. The Morgan fingerprint density at radius 1 is 1.20 bits per heavy atom. The normalized spacial score (nSPS) is 9.95. The van der Waals surface area contributed by atoms with Crippen molar-refractivity contribution in [3.63, 3.8) is 0 Å². The van der Waals surface area contributed by atoms with Crippen LogP contribution in [0.25, 0.3) is 11.0 Å². The minimum Gasteiger partial charge on any atom is -0.424 e. The fraction of sp³-hybridized carbons (Fsp3) is 0. The van der Waals surface area contributed by atoms with E-state index in [0.717, 1.165) is 12.1 Å². The molecule has 0 atom stereocenters. The molecule has 0 aliphatic rings. The van der Waals surface area contributed by atoms with Crippen molar-refractivity contribution in [1.82, 2.24) is 0 Å². The average molecular weight is 283 g/mol. The van der Waals surface area contributed by atoms with Gasteiger partial charge < -0.3 is 9.15 Å². The van der Waals surface area contributed by atoms with Crippen LogP contribution in [0, 0.1) is 0 Å². The van der Waals surface area contributed by atoms with Gasteiger partial charge in [0, 0.05) is 11.5 Å². The molecule has 0 aliphatic heterocycles. The Morgan fingerprint density at radius 2 is 1.95 bits per heavy atom. The van der Waals surface area contributed by atoms with E-state index in [1.54, 1.807) is 0 Å². The van der Waals surface area contributed by atoms with Crippen LogP contribution in [-0.2, 0) is 4.79 Å². The number of hydrogen-bond donors (Lipinski definition) is 0. The van der Waals surface area contributed by atoms with Crippen LogP contribution < -0.4 is 10.4 Å². The zero-order valence-electron chi connectivity index (χ0n) is 9.52. The minimum atomic E-state index is -2.66. The molecule has 1 aromatic carbocycles. The van der Waals surface area contributed by atoms with Gasteiger partial charge in [-0.05, 0) is 18.2 Å². The summed E-state index contributed by atoms with van der Waals surface area (Å²) in [6.45, 7) is 0. The summed E-state index contributed by atoms with van der Waals surface area (Å²) in [4.78, 5) is 24.7. The Hall–Kier alpha value is -2.86. The first-order valence-corrected chi connectivity index (χ1v) is 5.06. The van der Waals surface area contributed by atoms with Crippen LogP contribution in [0.3, 0.4) is 0 Å². The highest BCUT2D eigenvalue weighted by molar-refractivity contribution is 5.93. The van der Waals surface area contributed by atoms with Gasteiger partial charge in [-0.2, -0.15) is 18.2 Å². The number of rotatable bonds is 3. The highest BCUT2D eigenvalue weighted by atomic mass is 19.3. The highest BCUT2D eigenvalue weighted by Crippen LogP contribution is 2.33. The second kappa shape index (κ2) is 5.41. The zero-order chi connectivity index (χ0) is 14.7. The predicted molar refractivity (Wildman–Crippen MR) is 61.2 cm³/mol. The van der Waals surface area contributed by atoms with Crippen LogP contribution in [0.2, 0.25) is 0 Å². The van der Waals surface area contributed by atoms with Gasteiger partial charge in [-0.25, -0.2) is 9.59 Å². The Morgan fingerprint density at radius 3 is 2.60 bits per heavy atom. The van der Waals surface area contributed by atoms with Crippen LogP contribution in [-0.4, -0.2) is 6.08 Å². The molecular weight excluding hydrogens is 279 g/mol. The molecule has 0 saturated heterocycles. The number of hydrogen-bond acceptors (Lipinski definition) is 5. The lowest BCUT2D eigenvalue weighted by Crippen LogP contribution is -1.97. The molecule has 20 heavy (non-hydrogen) atoms. The number of isocyanates is 1. The highest BCUT2D eigenvalue weighted by Gasteiger charge is 2.14. The SMILES string of the molecule is O=C=Nc1ccc(OC(F)=C(F)F)c2oc(=O)ccc12. The van der Waals surface area contributed by atoms with Crippen LogP contribution in [0.5, 0.6) is 5.75 Å². The third-order valence-corrected chi connectivity index (χ3v) is 2.24. The van der Waals surface area contributed by atoms with Crippen LogP contribution in [0.4, 0.5) is 18.9 Å². The molecule has 2 aromatic rings. The van der Waals surface area contributed by atoms with E-state index in [9.17, 15) is 22.8 Å². The topological polar surface area (TPSA) is 68.9 Å². The number of carbonyl (C=O) groups excluding carboxylic acids is 1. The van der Waals surface area contributed by atoms with Gasteiger partial charge in [0.05, 0.1) is 5.69 Å². The van der Waals surface area contributed by atoms with Crippen molar-refractivity contribution in [2.24, 2.45) is 4.99 Å². The van der Waals surface area contributed by atoms with Gasteiger partial charge in [-0.1, -0.05) is 0 Å². The van der Waals surface area contributed by atoms with Crippen LogP contribution >= 0.6 is 0 Å². The molecule has 102 valence electrons. The van der Waals surface area contributed by atoms with E-state index >= 15 is 0 Å².